The van der Waals surface area contributed by atoms with E-state index in [4.69, 9.17) is 28.3 Å². The van der Waals surface area contributed by atoms with Crippen LogP contribution in [0, 0.1) is 0 Å². The molecule has 0 saturated carbocycles. The first-order valence-corrected chi connectivity index (χ1v) is 6.88. The molecular formula is C9H9Cl2NO4S. The molecule has 5 nitrogen and oxygen atoms in total. The third-order valence-corrected chi connectivity index (χ3v) is 3.45. The molecule has 0 aliphatic heterocycles. The van der Waals surface area contributed by atoms with Gasteiger partial charge in [0.05, 0.1) is 17.9 Å². The van der Waals surface area contributed by atoms with Crippen LogP contribution in [0.3, 0.4) is 0 Å². The zero-order chi connectivity index (χ0) is 13.1. The van der Waals surface area contributed by atoms with E-state index in [9.17, 15) is 13.2 Å². The standard InChI is InChI=1S/C9H9Cl2NO4S/c10-6-3-7(11)5-8(4-6)12-17(15,16)2-1-9(13)14/h3-5,12H,1-2H2,(H,13,14). The predicted molar refractivity (Wildman–Crippen MR) is 66.1 cm³/mol. The number of carboxylic acids is 1. The molecule has 0 fully saturated rings. The number of rotatable bonds is 5. The molecular weight excluding hydrogens is 289 g/mol. The van der Waals surface area contributed by atoms with Crippen LogP contribution < -0.4 is 4.72 Å². The SMILES string of the molecule is O=C(O)CCS(=O)(=O)Nc1cc(Cl)cc(Cl)c1. The summed E-state index contributed by atoms with van der Waals surface area (Å²) in [6.45, 7) is 0. The van der Waals surface area contributed by atoms with Crippen molar-refractivity contribution in [2.24, 2.45) is 0 Å². The number of halogens is 2. The highest BCUT2D eigenvalue weighted by atomic mass is 35.5. The molecule has 0 unspecified atom stereocenters. The average molecular weight is 298 g/mol. The van der Waals surface area contributed by atoms with Crippen LogP contribution in [0.1, 0.15) is 6.42 Å². The highest BCUT2D eigenvalue weighted by Crippen LogP contribution is 2.23. The maximum Gasteiger partial charge on any atom is 0.304 e. The molecule has 0 saturated heterocycles. The second-order valence-corrected chi connectivity index (χ2v) is 5.94. The fourth-order valence-corrected chi connectivity index (χ4v) is 2.61. The number of anilines is 1. The van der Waals surface area contributed by atoms with Gasteiger partial charge in [-0.2, -0.15) is 0 Å². The van der Waals surface area contributed by atoms with Gasteiger partial charge in [0.1, 0.15) is 0 Å². The van der Waals surface area contributed by atoms with Gasteiger partial charge in [-0.3, -0.25) is 9.52 Å². The first-order chi connectivity index (χ1) is 7.78. The third kappa shape index (κ3) is 5.25. The van der Waals surface area contributed by atoms with E-state index in [2.05, 4.69) is 4.72 Å². The number of nitrogens with one attached hydrogen (secondary N) is 1. The van der Waals surface area contributed by atoms with Gasteiger partial charge < -0.3 is 5.11 Å². The molecule has 17 heavy (non-hydrogen) atoms. The van der Waals surface area contributed by atoms with E-state index in [1.54, 1.807) is 0 Å². The second kappa shape index (κ2) is 5.57. The van der Waals surface area contributed by atoms with Crippen molar-refractivity contribution in [1.82, 2.24) is 0 Å². The highest BCUT2D eigenvalue weighted by molar-refractivity contribution is 7.92. The topological polar surface area (TPSA) is 83.5 Å². The normalized spacial score (nSPS) is 11.2. The molecule has 0 radical (unpaired) electrons. The van der Waals surface area contributed by atoms with Crippen LogP contribution in [0.15, 0.2) is 18.2 Å². The maximum absolute atomic E-state index is 11.5. The predicted octanol–water partition coefficient (Wildman–Crippen LogP) is 2.21. The van der Waals surface area contributed by atoms with Gasteiger partial charge in [-0.15, -0.1) is 0 Å². The Morgan fingerprint density at radius 1 is 1.24 bits per heavy atom. The number of carboxylic acid groups (broad SMARTS) is 1. The summed E-state index contributed by atoms with van der Waals surface area (Å²) in [5.74, 6) is -1.69. The minimum Gasteiger partial charge on any atom is -0.481 e. The number of aliphatic carboxylic acids is 1. The Labute approximate surface area is 108 Å². The van der Waals surface area contributed by atoms with Crippen molar-refractivity contribution in [1.29, 1.82) is 0 Å². The van der Waals surface area contributed by atoms with Gasteiger partial charge in [-0.05, 0) is 18.2 Å². The summed E-state index contributed by atoms with van der Waals surface area (Å²) in [6.07, 6.45) is -0.469. The fraction of sp³-hybridized carbons (Fsp3) is 0.222. The summed E-state index contributed by atoms with van der Waals surface area (Å²) in [7, 11) is -3.71. The molecule has 2 N–H and O–H groups in total. The molecule has 0 atom stereocenters. The lowest BCUT2D eigenvalue weighted by Gasteiger charge is -2.07. The van der Waals surface area contributed by atoms with Crippen molar-refractivity contribution in [2.45, 2.75) is 6.42 Å². The molecule has 1 aromatic rings. The molecule has 0 aliphatic rings. The van der Waals surface area contributed by atoms with E-state index in [-0.39, 0.29) is 15.7 Å². The lowest BCUT2D eigenvalue weighted by atomic mass is 10.3. The summed E-state index contributed by atoms with van der Waals surface area (Å²) in [5.41, 5.74) is 0.202. The Morgan fingerprint density at radius 2 is 1.76 bits per heavy atom. The largest absolute Gasteiger partial charge is 0.481 e. The van der Waals surface area contributed by atoms with Gasteiger partial charge in [0, 0.05) is 10.0 Å². The Bertz CT molecular complexity index is 510. The number of sulfonamides is 1. The van der Waals surface area contributed by atoms with Crippen molar-refractivity contribution < 1.29 is 18.3 Å². The molecule has 0 aliphatic carbocycles. The summed E-state index contributed by atoms with van der Waals surface area (Å²) in [4.78, 5) is 10.3. The van der Waals surface area contributed by atoms with Crippen molar-refractivity contribution >= 4 is 44.9 Å². The van der Waals surface area contributed by atoms with Crippen LogP contribution in [0.4, 0.5) is 5.69 Å². The van der Waals surface area contributed by atoms with Crippen molar-refractivity contribution in [3.05, 3.63) is 28.2 Å². The first kappa shape index (κ1) is 14.1. The quantitative estimate of drug-likeness (QED) is 0.873. The Balaban J connectivity index is 2.79. The molecule has 0 amide bonds. The molecule has 0 heterocycles. The molecule has 0 bridgehead atoms. The van der Waals surface area contributed by atoms with Gasteiger partial charge >= 0.3 is 5.97 Å². The van der Waals surface area contributed by atoms with Crippen LogP contribution >= 0.6 is 23.2 Å². The molecule has 0 aromatic heterocycles. The summed E-state index contributed by atoms with van der Waals surface area (Å²) in [5, 5.41) is 8.97. The number of hydrogen-bond donors (Lipinski definition) is 2. The maximum atomic E-state index is 11.5. The van der Waals surface area contributed by atoms with Crippen molar-refractivity contribution in [2.75, 3.05) is 10.5 Å². The van der Waals surface area contributed by atoms with Gasteiger partial charge in [0.25, 0.3) is 0 Å². The number of benzene rings is 1. The minimum atomic E-state index is -3.71. The first-order valence-electron chi connectivity index (χ1n) is 4.47. The van der Waals surface area contributed by atoms with Gasteiger partial charge in [-0.1, -0.05) is 23.2 Å². The summed E-state index contributed by atoms with van der Waals surface area (Å²) in [6, 6.07) is 4.22. The van der Waals surface area contributed by atoms with E-state index >= 15 is 0 Å². The molecule has 94 valence electrons. The summed E-state index contributed by atoms with van der Waals surface area (Å²) < 4.78 is 25.1. The number of carbonyl (C=O) groups is 1. The lowest BCUT2D eigenvalue weighted by Crippen LogP contribution is -2.18. The monoisotopic (exact) mass is 297 g/mol. The molecule has 1 aromatic carbocycles. The lowest BCUT2D eigenvalue weighted by molar-refractivity contribution is -0.136. The summed E-state index contributed by atoms with van der Waals surface area (Å²) >= 11 is 11.4. The van der Waals surface area contributed by atoms with Crippen molar-refractivity contribution in [3.8, 4) is 0 Å². The van der Waals surface area contributed by atoms with E-state index in [1.807, 2.05) is 0 Å². The van der Waals surface area contributed by atoms with Crippen LogP contribution in [0.25, 0.3) is 0 Å². The van der Waals surface area contributed by atoms with Gasteiger partial charge in [0.2, 0.25) is 10.0 Å². The van der Waals surface area contributed by atoms with Crippen LogP contribution in [-0.2, 0) is 14.8 Å². The highest BCUT2D eigenvalue weighted by Gasteiger charge is 2.13. The minimum absolute atomic E-state index is 0.202. The van der Waals surface area contributed by atoms with Crippen LogP contribution in [0.2, 0.25) is 10.0 Å². The Kier molecular flexibility index (Phi) is 4.62. The van der Waals surface area contributed by atoms with Crippen molar-refractivity contribution in [3.63, 3.8) is 0 Å². The van der Waals surface area contributed by atoms with Crippen LogP contribution in [-0.4, -0.2) is 25.2 Å². The zero-order valence-electron chi connectivity index (χ0n) is 8.48. The second-order valence-electron chi connectivity index (χ2n) is 3.22. The molecule has 1 rings (SSSR count). The van der Waals surface area contributed by atoms with E-state index in [1.165, 1.54) is 18.2 Å². The van der Waals surface area contributed by atoms with Gasteiger partial charge in [0.15, 0.2) is 0 Å². The molecule has 0 spiro atoms. The smallest absolute Gasteiger partial charge is 0.304 e. The van der Waals surface area contributed by atoms with E-state index < -0.39 is 28.2 Å². The number of hydrogen-bond acceptors (Lipinski definition) is 3. The third-order valence-electron chi connectivity index (χ3n) is 1.72. The van der Waals surface area contributed by atoms with Gasteiger partial charge in [-0.25, -0.2) is 8.42 Å². The van der Waals surface area contributed by atoms with E-state index in [0.29, 0.717) is 0 Å². The average Bonchev–Trinajstić information content (AvgIpc) is 2.12. The van der Waals surface area contributed by atoms with E-state index in [0.717, 1.165) is 0 Å². The van der Waals surface area contributed by atoms with Crippen LogP contribution in [0.5, 0.6) is 0 Å². The fourth-order valence-electron chi connectivity index (χ4n) is 1.07. The zero-order valence-corrected chi connectivity index (χ0v) is 10.8. The Morgan fingerprint density at radius 3 is 2.24 bits per heavy atom. The Hall–Kier alpha value is -0.980. The molecule has 8 heteroatoms.